The van der Waals surface area contributed by atoms with Crippen LogP contribution in [0.3, 0.4) is 0 Å². The van der Waals surface area contributed by atoms with Crippen molar-refractivity contribution in [2.24, 2.45) is 0 Å². The molecule has 2 nitrogen and oxygen atoms in total. The van der Waals surface area contributed by atoms with Crippen LogP contribution in [0.2, 0.25) is 0 Å². The van der Waals surface area contributed by atoms with Gasteiger partial charge >= 0.3 is 0 Å². The summed E-state index contributed by atoms with van der Waals surface area (Å²) < 4.78 is 17.7. The van der Waals surface area contributed by atoms with Crippen molar-refractivity contribution in [3.63, 3.8) is 0 Å². The Balaban J connectivity index is 2.53. The van der Waals surface area contributed by atoms with Crippen LogP contribution in [-0.4, -0.2) is 35.5 Å². The Morgan fingerprint density at radius 1 is 1.70 bits per heavy atom. The van der Waals surface area contributed by atoms with Crippen LogP contribution in [0.15, 0.2) is 0 Å². The van der Waals surface area contributed by atoms with Gasteiger partial charge in [0.05, 0.1) is 12.0 Å². The average molecular weight is 169 g/mol. The van der Waals surface area contributed by atoms with Crippen molar-refractivity contribution in [2.45, 2.75) is 31.4 Å². The van der Waals surface area contributed by atoms with Gasteiger partial charge in [-0.2, -0.15) is 0 Å². The molecule has 10 heavy (non-hydrogen) atoms. The molecular formula is C6H10ClFO2. The van der Waals surface area contributed by atoms with Crippen molar-refractivity contribution in [1.29, 1.82) is 0 Å². The molecule has 0 aromatic rings. The van der Waals surface area contributed by atoms with E-state index < -0.39 is 24.5 Å². The minimum Gasteiger partial charge on any atom is -0.387 e. The lowest BCUT2D eigenvalue weighted by atomic mass is 10.1. The second-order valence-corrected chi connectivity index (χ2v) is 2.78. The maximum absolute atomic E-state index is 12.7. The van der Waals surface area contributed by atoms with Crippen LogP contribution in [0.1, 0.15) is 6.92 Å². The molecule has 1 fully saturated rings. The Labute approximate surface area is 63.9 Å². The van der Waals surface area contributed by atoms with Gasteiger partial charge in [-0.05, 0) is 6.92 Å². The second kappa shape index (κ2) is 3.03. The number of aliphatic hydroxyl groups is 1. The van der Waals surface area contributed by atoms with Crippen LogP contribution >= 0.6 is 11.6 Å². The van der Waals surface area contributed by atoms with Crippen LogP contribution in [-0.2, 0) is 4.74 Å². The van der Waals surface area contributed by atoms with Crippen LogP contribution in [0.25, 0.3) is 0 Å². The molecule has 1 heterocycles. The van der Waals surface area contributed by atoms with Crippen molar-refractivity contribution in [3.05, 3.63) is 0 Å². The number of alkyl halides is 2. The molecule has 0 aliphatic carbocycles. The maximum atomic E-state index is 12.7. The van der Waals surface area contributed by atoms with Gasteiger partial charge < -0.3 is 9.84 Å². The third-order valence-electron chi connectivity index (χ3n) is 1.70. The summed E-state index contributed by atoms with van der Waals surface area (Å²) in [6, 6.07) is 0. The van der Waals surface area contributed by atoms with E-state index in [2.05, 4.69) is 0 Å². The van der Waals surface area contributed by atoms with E-state index in [1.807, 2.05) is 0 Å². The summed E-state index contributed by atoms with van der Waals surface area (Å²) in [6.07, 6.45) is -3.40. The lowest BCUT2D eigenvalue weighted by Gasteiger charge is -2.08. The van der Waals surface area contributed by atoms with E-state index in [4.69, 9.17) is 21.4 Å². The normalized spacial score (nSPS) is 48.0. The zero-order valence-corrected chi connectivity index (χ0v) is 6.38. The standard InChI is InChI=1S/C6H10ClFO2/c1-3-5(8)6(9)4(2-7)10-3/h3-6,9H,2H2,1H3/t3-,4?,5-,6+/m0/s1. The Morgan fingerprint density at radius 2 is 2.30 bits per heavy atom. The lowest BCUT2D eigenvalue weighted by molar-refractivity contribution is 0.0309. The van der Waals surface area contributed by atoms with Crippen molar-refractivity contribution in [1.82, 2.24) is 0 Å². The highest BCUT2D eigenvalue weighted by Crippen LogP contribution is 2.24. The Hall–Kier alpha value is 0.140. The molecule has 1 aliphatic rings. The zero-order chi connectivity index (χ0) is 7.72. The van der Waals surface area contributed by atoms with Gasteiger partial charge in [-0.25, -0.2) is 4.39 Å². The van der Waals surface area contributed by atoms with Crippen LogP contribution in [0.4, 0.5) is 4.39 Å². The summed E-state index contributed by atoms with van der Waals surface area (Å²) >= 11 is 5.38. The molecule has 1 saturated heterocycles. The topological polar surface area (TPSA) is 29.5 Å². The van der Waals surface area contributed by atoms with Gasteiger partial charge in [-0.1, -0.05) is 0 Å². The van der Waals surface area contributed by atoms with E-state index in [1.54, 1.807) is 6.92 Å². The SMILES string of the molecule is C[C@@H]1OC(CCl)[C@@H](O)[C@H]1F. The van der Waals surface area contributed by atoms with Crippen LogP contribution in [0.5, 0.6) is 0 Å². The number of hydrogen-bond acceptors (Lipinski definition) is 2. The van der Waals surface area contributed by atoms with Crippen molar-refractivity contribution < 1.29 is 14.2 Å². The summed E-state index contributed by atoms with van der Waals surface area (Å²) in [6.45, 7) is 1.58. The molecule has 4 atom stereocenters. The smallest absolute Gasteiger partial charge is 0.154 e. The number of hydrogen-bond donors (Lipinski definition) is 1. The highest BCUT2D eigenvalue weighted by molar-refractivity contribution is 6.18. The van der Waals surface area contributed by atoms with Gasteiger partial charge in [0.2, 0.25) is 0 Å². The van der Waals surface area contributed by atoms with E-state index in [-0.39, 0.29) is 5.88 Å². The quantitative estimate of drug-likeness (QED) is 0.585. The number of ether oxygens (including phenoxy) is 1. The molecular weight excluding hydrogens is 159 g/mol. The van der Waals surface area contributed by atoms with Crippen molar-refractivity contribution in [3.8, 4) is 0 Å². The molecule has 0 radical (unpaired) electrons. The molecule has 0 aromatic heterocycles. The molecule has 0 spiro atoms. The summed E-state index contributed by atoms with van der Waals surface area (Å²) in [5.41, 5.74) is 0. The van der Waals surface area contributed by atoms with Gasteiger partial charge in [0.1, 0.15) is 12.2 Å². The Kier molecular flexibility index (Phi) is 2.50. The fraction of sp³-hybridized carbons (Fsp3) is 1.00. The monoisotopic (exact) mass is 168 g/mol. The molecule has 1 rings (SSSR count). The van der Waals surface area contributed by atoms with Gasteiger partial charge in [0.15, 0.2) is 6.17 Å². The highest BCUT2D eigenvalue weighted by atomic mass is 35.5. The fourth-order valence-electron chi connectivity index (χ4n) is 1.04. The molecule has 0 amide bonds. The van der Waals surface area contributed by atoms with E-state index in [0.717, 1.165) is 0 Å². The second-order valence-electron chi connectivity index (χ2n) is 2.47. The first-order valence-corrected chi connectivity index (χ1v) is 3.74. The third kappa shape index (κ3) is 1.26. The molecule has 4 heteroatoms. The number of rotatable bonds is 1. The molecule has 0 saturated carbocycles. The van der Waals surface area contributed by atoms with Gasteiger partial charge in [-0.3, -0.25) is 0 Å². The van der Waals surface area contributed by atoms with Crippen molar-refractivity contribution >= 4 is 11.6 Å². The average Bonchev–Trinajstić information content (AvgIpc) is 2.17. The van der Waals surface area contributed by atoms with Crippen molar-refractivity contribution in [2.75, 3.05) is 5.88 Å². The lowest BCUT2D eigenvalue weighted by Crippen LogP contribution is -2.29. The first kappa shape index (κ1) is 8.24. The Morgan fingerprint density at radius 3 is 2.50 bits per heavy atom. The maximum Gasteiger partial charge on any atom is 0.154 e. The first-order chi connectivity index (χ1) is 4.66. The Bertz CT molecular complexity index is 122. The highest BCUT2D eigenvalue weighted by Gasteiger charge is 2.40. The summed E-state index contributed by atoms with van der Waals surface area (Å²) in [7, 11) is 0. The molecule has 1 aliphatic heterocycles. The number of halogens is 2. The fourth-order valence-corrected chi connectivity index (χ4v) is 1.30. The molecule has 0 aromatic carbocycles. The molecule has 1 N–H and O–H groups in total. The predicted octanol–water partition coefficient (Wildman–Crippen LogP) is 0.712. The van der Waals surface area contributed by atoms with Gasteiger partial charge in [-0.15, -0.1) is 11.6 Å². The van der Waals surface area contributed by atoms with E-state index >= 15 is 0 Å². The van der Waals surface area contributed by atoms with Crippen LogP contribution in [0, 0.1) is 0 Å². The third-order valence-corrected chi connectivity index (χ3v) is 2.00. The van der Waals surface area contributed by atoms with E-state index in [0.29, 0.717) is 0 Å². The van der Waals surface area contributed by atoms with Gasteiger partial charge in [0, 0.05) is 0 Å². The molecule has 1 unspecified atom stereocenters. The van der Waals surface area contributed by atoms with Gasteiger partial charge in [0.25, 0.3) is 0 Å². The zero-order valence-electron chi connectivity index (χ0n) is 5.63. The minimum absolute atomic E-state index is 0.145. The summed E-state index contributed by atoms with van der Waals surface area (Å²) in [4.78, 5) is 0. The number of aliphatic hydroxyl groups excluding tert-OH is 1. The van der Waals surface area contributed by atoms with E-state index in [1.165, 1.54) is 0 Å². The van der Waals surface area contributed by atoms with E-state index in [9.17, 15) is 4.39 Å². The largest absolute Gasteiger partial charge is 0.387 e. The predicted molar refractivity (Wildman–Crippen MR) is 36.0 cm³/mol. The molecule has 60 valence electrons. The van der Waals surface area contributed by atoms with Crippen LogP contribution < -0.4 is 0 Å². The first-order valence-electron chi connectivity index (χ1n) is 3.20. The minimum atomic E-state index is -1.29. The molecule has 0 bridgehead atoms. The summed E-state index contributed by atoms with van der Waals surface area (Å²) in [5.74, 6) is 0.145. The summed E-state index contributed by atoms with van der Waals surface area (Å²) in [5, 5.41) is 9.04.